The first-order valence-corrected chi connectivity index (χ1v) is 6.18. The third-order valence-corrected chi connectivity index (χ3v) is 3.61. The standard InChI is InChI=1S/C13H18N2O3/c16-9-13(3-1-2-4-13)8-15-12(18)10-5-11(17)7-14-6-10/h5-7,16-17H,1-4,8-9H2,(H,15,18). The van der Waals surface area contributed by atoms with Crippen LogP contribution in [0.25, 0.3) is 0 Å². The minimum atomic E-state index is -0.266. The summed E-state index contributed by atoms with van der Waals surface area (Å²) in [7, 11) is 0. The van der Waals surface area contributed by atoms with Crippen LogP contribution in [0.15, 0.2) is 18.5 Å². The molecular formula is C13H18N2O3. The minimum absolute atomic E-state index is 0.0274. The van der Waals surface area contributed by atoms with Gasteiger partial charge >= 0.3 is 0 Å². The average Bonchev–Trinajstić information content (AvgIpc) is 2.85. The first-order valence-electron chi connectivity index (χ1n) is 6.18. The van der Waals surface area contributed by atoms with E-state index < -0.39 is 0 Å². The van der Waals surface area contributed by atoms with Gasteiger partial charge in [-0.25, -0.2) is 0 Å². The van der Waals surface area contributed by atoms with Gasteiger partial charge in [-0.3, -0.25) is 9.78 Å². The Hall–Kier alpha value is -1.62. The Kier molecular flexibility index (Phi) is 3.81. The summed E-state index contributed by atoms with van der Waals surface area (Å²) in [6.45, 7) is 0.573. The molecule has 1 heterocycles. The van der Waals surface area contributed by atoms with Crippen LogP contribution in [-0.2, 0) is 0 Å². The van der Waals surface area contributed by atoms with Crippen molar-refractivity contribution in [1.29, 1.82) is 0 Å². The molecule has 0 unspecified atom stereocenters. The van der Waals surface area contributed by atoms with Crippen molar-refractivity contribution in [1.82, 2.24) is 10.3 Å². The number of aliphatic hydroxyl groups excluding tert-OH is 1. The van der Waals surface area contributed by atoms with E-state index in [-0.39, 0.29) is 23.7 Å². The average molecular weight is 250 g/mol. The summed E-state index contributed by atoms with van der Waals surface area (Å²) >= 11 is 0. The van der Waals surface area contributed by atoms with E-state index in [9.17, 15) is 15.0 Å². The molecule has 0 spiro atoms. The number of amides is 1. The first kappa shape index (κ1) is 12.8. The maximum Gasteiger partial charge on any atom is 0.253 e. The van der Waals surface area contributed by atoms with Crippen molar-refractivity contribution in [2.75, 3.05) is 13.2 Å². The second kappa shape index (κ2) is 5.35. The summed E-state index contributed by atoms with van der Waals surface area (Å²) in [5.41, 5.74) is 0.168. The molecule has 0 radical (unpaired) electrons. The first-order chi connectivity index (χ1) is 8.65. The smallest absolute Gasteiger partial charge is 0.253 e. The minimum Gasteiger partial charge on any atom is -0.506 e. The zero-order valence-corrected chi connectivity index (χ0v) is 10.2. The highest BCUT2D eigenvalue weighted by atomic mass is 16.3. The Labute approximate surface area is 106 Å². The molecular weight excluding hydrogens is 232 g/mol. The molecule has 1 saturated carbocycles. The van der Waals surface area contributed by atoms with Crippen LogP contribution in [0.5, 0.6) is 5.75 Å². The second-order valence-corrected chi connectivity index (χ2v) is 4.98. The fourth-order valence-electron chi connectivity index (χ4n) is 2.44. The molecule has 0 atom stereocenters. The molecule has 1 aliphatic carbocycles. The zero-order chi connectivity index (χ0) is 13.0. The molecule has 5 nitrogen and oxygen atoms in total. The van der Waals surface area contributed by atoms with Gasteiger partial charge in [-0.15, -0.1) is 0 Å². The molecule has 1 aromatic heterocycles. The molecule has 3 N–H and O–H groups in total. The van der Waals surface area contributed by atoms with Crippen molar-refractivity contribution in [3.8, 4) is 5.75 Å². The topological polar surface area (TPSA) is 82.5 Å². The Morgan fingerprint density at radius 3 is 2.72 bits per heavy atom. The van der Waals surface area contributed by atoms with Gasteiger partial charge in [0.1, 0.15) is 5.75 Å². The van der Waals surface area contributed by atoms with Gasteiger partial charge in [-0.05, 0) is 18.9 Å². The van der Waals surface area contributed by atoms with E-state index in [0.717, 1.165) is 25.7 Å². The molecule has 5 heteroatoms. The number of aromatic hydroxyl groups is 1. The SMILES string of the molecule is O=C(NCC1(CO)CCCC1)c1cncc(O)c1. The van der Waals surface area contributed by atoms with E-state index in [4.69, 9.17) is 0 Å². The van der Waals surface area contributed by atoms with Gasteiger partial charge in [0.2, 0.25) is 0 Å². The summed E-state index contributed by atoms with van der Waals surface area (Å²) < 4.78 is 0. The van der Waals surface area contributed by atoms with Crippen LogP contribution in [0.2, 0.25) is 0 Å². The third kappa shape index (κ3) is 2.79. The van der Waals surface area contributed by atoms with Crippen LogP contribution in [-0.4, -0.2) is 34.3 Å². The number of nitrogens with one attached hydrogen (secondary N) is 1. The largest absolute Gasteiger partial charge is 0.506 e. The van der Waals surface area contributed by atoms with Gasteiger partial charge in [0.25, 0.3) is 5.91 Å². The Morgan fingerprint density at radius 2 is 2.11 bits per heavy atom. The van der Waals surface area contributed by atoms with Crippen LogP contribution in [0, 0.1) is 5.41 Å². The number of aromatic nitrogens is 1. The number of hydrogen-bond donors (Lipinski definition) is 3. The van der Waals surface area contributed by atoms with Crippen LogP contribution in [0.3, 0.4) is 0 Å². The molecule has 2 rings (SSSR count). The van der Waals surface area contributed by atoms with Crippen molar-refractivity contribution in [2.24, 2.45) is 5.41 Å². The van der Waals surface area contributed by atoms with E-state index in [1.54, 1.807) is 0 Å². The van der Waals surface area contributed by atoms with Crippen molar-refractivity contribution in [3.63, 3.8) is 0 Å². The van der Waals surface area contributed by atoms with Crippen LogP contribution >= 0.6 is 0 Å². The summed E-state index contributed by atoms with van der Waals surface area (Å²) in [5.74, 6) is -0.293. The lowest BCUT2D eigenvalue weighted by atomic mass is 9.87. The van der Waals surface area contributed by atoms with Crippen molar-refractivity contribution in [2.45, 2.75) is 25.7 Å². The molecule has 0 aliphatic heterocycles. The second-order valence-electron chi connectivity index (χ2n) is 4.98. The van der Waals surface area contributed by atoms with E-state index in [0.29, 0.717) is 12.1 Å². The number of hydrogen-bond acceptors (Lipinski definition) is 4. The van der Waals surface area contributed by atoms with Gasteiger partial charge in [0.05, 0.1) is 18.4 Å². The molecule has 18 heavy (non-hydrogen) atoms. The highest BCUT2D eigenvalue weighted by Gasteiger charge is 2.33. The van der Waals surface area contributed by atoms with Gasteiger partial charge in [-0.1, -0.05) is 12.8 Å². The van der Waals surface area contributed by atoms with Crippen LogP contribution in [0.1, 0.15) is 36.0 Å². The third-order valence-electron chi connectivity index (χ3n) is 3.61. The lowest BCUT2D eigenvalue weighted by Gasteiger charge is -2.26. The predicted octanol–water partition coefficient (Wildman–Crippen LogP) is 1.07. The molecule has 1 amide bonds. The van der Waals surface area contributed by atoms with Gasteiger partial charge in [0, 0.05) is 18.2 Å². The number of rotatable bonds is 4. The zero-order valence-electron chi connectivity index (χ0n) is 10.2. The van der Waals surface area contributed by atoms with Gasteiger partial charge in [0.15, 0.2) is 0 Å². The van der Waals surface area contributed by atoms with Crippen LogP contribution in [0.4, 0.5) is 0 Å². The monoisotopic (exact) mass is 250 g/mol. The summed E-state index contributed by atoms with van der Waals surface area (Å²) in [5, 5.41) is 21.5. The maximum atomic E-state index is 11.9. The Morgan fingerprint density at radius 1 is 1.39 bits per heavy atom. The highest BCUT2D eigenvalue weighted by Crippen LogP contribution is 2.36. The molecule has 0 bridgehead atoms. The quantitative estimate of drug-likeness (QED) is 0.746. The van der Waals surface area contributed by atoms with Crippen molar-refractivity contribution < 1.29 is 15.0 Å². The normalized spacial score (nSPS) is 17.6. The maximum absolute atomic E-state index is 11.9. The molecule has 1 fully saturated rings. The Balaban J connectivity index is 1.96. The van der Waals surface area contributed by atoms with E-state index >= 15 is 0 Å². The molecule has 1 aromatic rings. The number of carbonyl (C=O) groups excluding carboxylic acids is 1. The number of aliphatic hydroxyl groups is 1. The summed E-state index contributed by atoms with van der Waals surface area (Å²) in [6, 6.07) is 1.38. The Bertz CT molecular complexity index is 428. The highest BCUT2D eigenvalue weighted by molar-refractivity contribution is 5.94. The predicted molar refractivity (Wildman–Crippen MR) is 66.2 cm³/mol. The number of carbonyl (C=O) groups is 1. The van der Waals surface area contributed by atoms with Crippen molar-refractivity contribution in [3.05, 3.63) is 24.0 Å². The molecule has 1 aliphatic rings. The summed E-state index contributed by atoms with van der Waals surface area (Å²) in [6.07, 6.45) is 6.79. The van der Waals surface area contributed by atoms with Crippen molar-refractivity contribution >= 4 is 5.91 Å². The molecule has 98 valence electrons. The van der Waals surface area contributed by atoms with E-state index in [1.807, 2.05) is 0 Å². The molecule has 0 aromatic carbocycles. The number of pyridine rings is 1. The fourth-order valence-corrected chi connectivity index (χ4v) is 2.44. The van der Waals surface area contributed by atoms with E-state index in [1.165, 1.54) is 18.5 Å². The lowest BCUT2D eigenvalue weighted by Crippen LogP contribution is -2.38. The van der Waals surface area contributed by atoms with Crippen LogP contribution < -0.4 is 5.32 Å². The summed E-state index contributed by atoms with van der Waals surface area (Å²) in [4.78, 5) is 15.6. The van der Waals surface area contributed by atoms with Gasteiger partial charge in [-0.2, -0.15) is 0 Å². The number of nitrogens with zero attached hydrogens (tertiary/aromatic N) is 1. The van der Waals surface area contributed by atoms with Gasteiger partial charge < -0.3 is 15.5 Å². The fraction of sp³-hybridized carbons (Fsp3) is 0.538. The van der Waals surface area contributed by atoms with E-state index in [2.05, 4.69) is 10.3 Å². The lowest BCUT2D eigenvalue weighted by molar-refractivity contribution is 0.0880. The molecule has 0 saturated heterocycles.